The van der Waals surface area contributed by atoms with Gasteiger partial charge in [0.15, 0.2) is 5.82 Å². The average molecular weight is 328 g/mol. The molecule has 0 spiro atoms. The van der Waals surface area contributed by atoms with Crippen molar-refractivity contribution in [1.29, 1.82) is 0 Å². The molecule has 0 saturated heterocycles. The first-order valence-electron chi connectivity index (χ1n) is 7.92. The number of hydrogen-bond donors (Lipinski definition) is 2. The number of carbonyl (C=O) groups excluding carboxylic acids is 1. The smallest absolute Gasteiger partial charge is 0.305 e. The lowest BCUT2D eigenvalue weighted by Gasteiger charge is -2.26. The topological polar surface area (TPSA) is 87.5 Å². The molecule has 1 aliphatic rings. The number of rotatable bonds is 5. The Labute approximate surface area is 139 Å². The fraction of sp³-hybridized carbons (Fsp3) is 0.353. The molecule has 126 valence electrons. The Morgan fingerprint density at radius 3 is 2.71 bits per heavy atom. The van der Waals surface area contributed by atoms with E-state index in [0.29, 0.717) is 31.9 Å². The Hall–Kier alpha value is -2.83. The summed E-state index contributed by atoms with van der Waals surface area (Å²) in [6.07, 6.45) is 0.702. The van der Waals surface area contributed by atoms with E-state index in [1.54, 1.807) is 16.5 Å². The summed E-state index contributed by atoms with van der Waals surface area (Å²) >= 11 is 0. The number of benzene rings is 1. The third kappa shape index (κ3) is 3.40. The first-order chi connectivity index (χ1) is 11.5. The van der Waals surface area contributed by atoms with Crippen LogP contribution in [0.15, 0.2) is 30.3 Å². The number of carbonyl (C=O) groups is 2. The maximum absolute atomic E-state index is 11.7. The molecule has 0 aliphatic carbocycles. The van der Waals surface area contributed by atoms with Gasteiger partial charge in [0, 0.05) is 36.8 Å². The van der Waals surface area contributed by atoms with Crippen LogP contribution in [0.1, 0.15) is 24.6 Å². The number of aliphatic carboxylic acids is 1. The Morgan fingerprint density at radius 1 is 1.29 bits per heavy atom. The van der Waals surface area contributed by atoms with Gasteiger partial charge in [-0.2, -0.15) is 5.10 Å². The van der Waals surface area contributed by atoms with E-state index in [4.69, 9.17) is 5.11 Å². The minimum absolute atomic E-state index is 0.0231. The zero-order valence-electron chi connectivity index (χ0n) is 13.5. The fourth-order valence-electron chi connectivity index (χ4n) is 2.90. The molecule has 1 amide bonds. The second kappa shape index (κ2) is 6.74. The molecule has 0 fully saturated rings. The van der Waals surface area contributed by atoms with Gasteiger partial charge in [0.1, 0.15) is 0 Å². The van der Waals surface area contributed by atoms with Crippen molar-refractivity contribution in [3.05, 3.63) is 41.6 Å². The molecule has 0 radical (unpaired) electrons. The highest BCUT2D eigenvalue weighted by molar-refractivity contribution is 5.74. The maximum atomic E-state index is 11.7. The van der Waals surface area contributed by atoms with Crippen LogP contribution in [0.2, 0.25) is 0 Å². The van der Waals surface area contributed by atoms with Crippen molar-refractivity contribution in [3.8, 4) is 0 Å². The molecule has 0 saturated carbocycles. The predicted octanol–water partition coefficient (Wildman–Crippen LogP) is 2.01. The molecule has 2 N–H and O–H groups in total. The summed E-state index contributed by atoms with van der Waals surface area (Å²) in [5.74, 6) is -0.130. The number of para-hydroxylation sites is 1. The number of fused-ring (bicyclic) bond motifs is 1. The number of anilines is 2. The molecule has 1 aromatic heterocycles. The summed E-state index contributed by atoms with van der Waals surface area (Å²) < 4.78 is 1.76. The van der Waals surface area contributed by atoms with E-state index < -0.39 is 5.97 Å². The summed E-state index contributed by atoms with van der Waals surface area (Å²) in [6.45, 7) is 3.01. The van der Waals surface area contributed by atoms with Crippen LogP contribution in [0.3, 0.4) is 0 Å². The largest absolute Gasteiger partial charge is 0.481 e. The van der Waals surface area contributed by atoms with Gasteiger partial charge in [-0.25, -0.2) is 0 Å². The third-order valence-corrected chi connectivity index (χ3v) is 4.15. The standard InChI is InChI=1S/C17H20N4O3/c1-12(22)20-9-7-15-14(11-20)17(18-13-5-3-2-4-6-13)19-21(15)10-8-16(23)24/h2-6H,7-11H2,1H3,(H,18,19)(H,23,24). The fourth-order valence-corrected chi connectivity index (χ4v) is 2.90. The molecule has 3 rings (SSSR count). The quantitative estimate of drug-likeness (QED) is 0.876. The maximum Gasteiger partial charge on any atom is 0.305 e. The summed E-state index contributed by atoms with van der Waals surface area (Å²) in [5.41, 5.74) is 2.88. The van der Waals surface area contributed by atoms with E-state index >= 15 is 0 Å². The van der Waals surface area contributed by atoms with Gasteiger partial charge < -0.3 is 15.3 Å². The number of nitrogens with one attached hydrogen (secondary N) is 1. The van der Waals surface area contributed by atoms with Crippen molar-refractivity contribution in [2.45, 2.75) is 32.9 Å². The number of aryl methyl sites for hydroxylation is 1. The number of amides is 1. The molecule has 2 aromatic rings. The first kappa shape index (κ1) is 16.0. The normalized spacial score (nSPS) is 13.5. The molecule has 0 bridgehead atoms. The third-order valence-electron chi connectivity index (χ3n) is 4.15. The van der Waals surface area contributed by atoms with Crippen LogP contribution in [0.5, 0.6) is 0 Å². The van der Waals surface area contributed by atoms with Gasteiger partial charge >= 0.3 is 5.97 Å². The van der Waals surface area contributed by atoms with Gasteiger partial charge in [0.05, 0.1) is 19.5 Å². The van der Waals surface area contributed by atoms with Crippen LogP contribution >= 0.6 is 0 Å². The van der Waals surface area contributed by atoms with Gasteiger partial charge in [-0.05, 0) is 12.1 Å². The Kier molecular flexibility index (Phi) is 4.50. The van der Waals surface area contributed by atoms with Crippen molar-refractivity contribution in [2.24, 2.45) is 0 Å². The minimum atomic E-state index is -0.849. The molecular formula is C17H20N4O3. The predicted molar refractivity (Wildman–Crippen MR) is 89.0 cm³/mol. The van der Waals surface area contributed by atoms with Crippen LogP contribution < -0.4 is 5.32 Å². The Morgan fingerprint density at radius 2 is 2.04 bits per heavy atom. The second-order valence-electron chi connectivity index (χ2n) is 5.82. The van der Waals surface area contributed by atoms with E-state index in [1.807, 2.05) is 30.3 Å². The SMILES string of the molecule is CC(=O)N1CCc2c(c(Nc3ccccc3)nn2CCC(=O)O)C1. The zero-order valence-corrected chi connectivity index (χ0v) is 13.5. The molecule has 0 atom stereocenters. The summed E-state index contributed by atoms with van der Waals surface area (Å²) in [6, 6.07) is 9.67. The van der Waals surface area contributed by atoms with Crippen molar-refractivity contribution < 1.29 is 14.7 Å². The summed E-state index contributed by atoms with van der Waals surface area (Å²) in [7, 11) is 0. The molecule has 2 heterocycles. The van der Waals surface area contributed by atoms with Crippen LogP contribution in [0.4, 0.5) is 11.5 Å². The van der Waals surface area contributed by atoms with Crippen molar-refractivity contribution in [3.63, 3.8) is 0 Å². The molecule has 0 unspecified atom stereocenters. The minimum Gasteiger partial charge on any atom is -0.481 e. The Balaban J connectivity index is 1.92. The highest BCUT2D eigenvalue weighted by Gasteiger charge is 2.26. The molecule has 7 nitrogen and oxygen atoms in total. The van der Waals surface area contributed by atoms with Crippen LogP contribution in [-0.2, 0) is 29.1 Å². The van der Waals surface area contributed by atoms with Crippen molar-refractivity contribution >= 4 is 23.4 Å². The lowest BCUT2D eigenvalue weighted by molar-refractivity contribution is -0.137. The number of carboxylic acids is 1. The Bertz CT molecular complexity index is 755. The van der Waals surface area contributed by atoms with Crippen molar-refractivity contribution in [1.82, 2.24) is 14.7 Å². The number of aromatic nitrogens is 2. The number of carboxylic acid groups (broad SMARTS) is 1. The summed E-state index contributed by atoms with van der Waals surface area (Å²) in [4.78, 5) is 24.4. The number of nitrogens with zero attached hydrogens (tertiary/aromatic N) is 3. The molecule has 1 aromatic carbocycles. The highest BCUT2D eigenvalue weighted by Crippen LogP contribution is 2.28. The average Bonchev–Trinajstić information content (AvgIpc) is 2.91. The molecule has 24 heavy (non-hydrogen) atoms. The van der Waals surface area contributed by atoms with Crippen LogP contribution in [0.25, 0.3) is 0 Å². The van der Waals surface area contributed by atoms with Gasteiger partial charge in [0.25, 0.3) is 0 Å². The van der Waals surface area contributed by atoms with Crippen LogP contribution in [0, 0.1) is 0 Å². The van der Waals surface area contributed by atoms with E-state index in [0.717, 1.165) is 16.9 Å². The molecule has 7 heteroatoms. The lowest BCUT2D eigenvalue weighted by Crippen LogP contribution is -2.34. The van der Waals surface area contributed by atoms with E-state index in [2.05, 4.69) is 10.4 Å². The second-order valence-corrected chi connectivity index (χ2v) is 5.82. The molecular weight excluding hydrogens is 308 g/mol. The van der Waals surface area contributed by atoms with Gasteiger partial charge in [-0.15, -0.1) is 0 Å². The van der Waals surface area contributed by atoms with Gasteiger partial charge in [-0.1, -0.05) is 18.2 Å². The summed E-state index contributed by atoms with van der Waals surface area (Å²) in [5, 5.41) is 16.8. The molecule has 1 aliphatic heterocycles. The lowest BCUT2D eigenvalue weighted by atomic mass is 10.1. The van der Waals surface area contributed by atoms with Crippen LogP contribution in [-0.4, -0.2) is 38.2 Å². The first-order valence-corrected chi connectivity index (χ1v) is 7.92. The van der Waals surface area contributed by atoms with Gasteiger partial charge in [0.2, 0.25) is 5.91 Å². The highest BCUT2D eigenvalue weighted by atomic mass is 16.4. The van der Waals surface area contributed by atoms with Gasteiger partial charge in [-0.3, -0.25) is 14.3 Å². The monoisotopic (exact) mass is 328 g/mol. The zero-order chi connectivity index (χ0) is 17.1. The number of hydrogen-bond acceptors (Lipinski definition) is 4. The van der Waals surface area contributed by atoms with Crippen molar-refractivity contribution in [2.75, 3.05) is 11.9 Å². The van der Waals surface area contributed by atoms with E-state index in [-0.39, 0.29) is 12.3 Å². The van der Waals surface area contributed by atoms with E-state index in [9.17, 15) is 9.59 Å². The van der Waals surface area contributed by atoms with E-state index in [1.165, 1.54) is 0 Å².